The van der Waals surface area contributed by atoms with Crippen LogP contribution in [0.15, 0.2) is 10.7 Å². The number of carbonyl (C=O) groups excluding carboxylic acids is 2. The molecule has 2 heterocycles. The van der Waals surface area contributed by atoms with Crippen LogP contribution in [0.1, 0.15) is 24.3 Å². The lowest BCUT2D eigenvalue weighted by molar-refractivity contribution is -0.122. The van der Waals surface area contributed by atoms with E-state index in [-0.39, 0.29) is 24.2 Å². The molecule has 8 heteroatoms. The fraction of sp³-hybridized carbons (Fsp3) is 0.615. The summed E-state index contributed by atoms with van der Waals surface area (Å²) in [5, 5.41) is 5.94. The molecule has 1 saturated heterocycles. The summed E-state index contributed by atoms with van der Waals surface area (Å²) in [6.45, 7) is 6.21. The SMILES string of the molecule is CCNC(=O)C1CNCCN1c1nc(C(=O)OCC)co1. The standard InChI is InChI=1S/C13H20N4O4/c1-3-15-11(18)10-7-14-5-6-17(10)13-16-9(8-21-13)12(19)20-4-2/h8,10,14H,3-7H2,1-2H3,(H,15,18). The Labute approximate surface area is 122 Å². The third-order valence-electron chi connectivity index (χ3n) is 3.12. The van der Waals surface area contributed by atoms with Gasteiger partial charge in [-0.2, -0.15) is 4.98 Å². The molecule has 0 saturated carbocycles. The molecule has 2 N–H and O–H groups in total. The number of piperazine rings is 1. The summed E-state index contributed by atoms with van der Waals surface area (Å²) in [4.78, 5) is 29.6. The van der Waals surface area contributed by atoms with Crippen LogP contribution in [0.2, 0.25) is 0 Å². The number of esters is 1. The summed E-state index contributed by atoms with van der Waals surface area (Å²) in [5.41, 5.74) is 0.111. The maximum Gasteiger partial charge on any atom is 0.360 e. The number of ether oxygens (including phenoxy) is 1. The van der Waals surface area contributed by atoms with Crippen molar-refractivity contribution in [3.8, 4) is 0 Å². The Kier molecular flexibility index (Phi) is 5.15. The number of anilines is 1. The Hall–Kier alpha value is -2.09. The Morgan fingerprint density at radius 3 is 3.10 bits per heavy atom. The first kappa shape index (κ1) is 15.3. The molecule has 0 aromatic carbocycles. The molecule has 1 aliphatic rings. The minimum atomic E-state index is -0.530. The van der Waals surface area contributed by atoms with E-state index in [4.69, 9.17) is 9.15 Å². The minimum Gasteiger partial charge on any atom is -0.461 e. The minimum absolute atomic E-state index is 0.0967. The summed E-state index contributed by atoms with van der Waals surface area (Å²) < 4.78 is 10.2. The van der Waals surface area contributed by atoms with Gasteiger partial charge in [0.25, 0.3) is 6.01 Å². The van der Waals surface area contributed by atoms with Gasteiger partial charge in [0.05, 0.1) is 6.61 Å². The van der Waals surface area contributed by atoms with Gasteiger partial charge in [-0.15, -0.1) is 0 Å². The van der Waals surface area contributed by atoms with Crippen molar-refractivity contribution in [2.45, 2.75) is 19.9 Å². The number of likely N-dealkylation sites (N-methyl/N-ethyl adjacent to an activating group) is 1. The van der Waals surface area contributed by atoms with E-state index in [1.165, 1.54) is 6.26 Å². The molecule has 1 atom stereocenters. The number of amides is 1. The van der Waals surface area contributed by atoms with Crippen LogP contribution < -0.4 is 15.5 Å². The van der Waals surface area contributed by atoms with Crippen LogP contribution in [0, 0.1) is 0 Å². The van der Waals surface area contributed by atoms with Crippen molar-refractivity contribution in [3.05, 3.63) is 12.0 Å². The summed E-state index contributed by atoms with van der Waals surface area (Å²) >= 11 is 0. The van der Waals surface area contributed by atoms with Gasteiger partial charge in [0.15, 0.2) is 5.69 Å². The molecule has 0 aliphatic carbocycles. The average Bonchev–Trinajstić information content (AvgIpc) is 2.97. The molecule has 2 rings (SSSR count). The molecule has 1 unspecified atom stereocenters. The second-order valence-electron chi connectivity index (χ2n) is 4.54. The highest BCUT2D eigenvalue weighted by molar-refractivity contribution is 5.88. The van der Waals surface area contributed by atoms with Gasteiger partial charge in [0, 0.05) is 26.2 Å². The maximum absolute atomic E-state index is 12.1. The van der Waals surface area contributed by atoms with Gasteiger partial charge >= 0.3 is 5.97 Å². The lowest BCUT2D eigenvalue weighted by Crippen LogP contribution is -2.58. The van der Waals surface area contributed by atoms with Gasteiger partial charge in [0.2, 0.25) is 5.91 Å². The monoisotopic (exact) mass is 296 g/mol. The van der Waals surface area contributed by atoms with E-state index in [1.54, 1.807) is 11.8 Å². The fourth-order valence-electron chi connectivity index (χ4n) is 2.15. The number of aromatic nitrogens is 1. The third-order valence-corrected chi connectivity index (χ3v) is 3.12. The molecule has 1 aromatic heterocycles. The van der Waals surface area contributed by atoms with Gasteiger partial charge in [-0.25, -0.2) is 4.79 Å². The number of rotatable bonds is 5. The first-order valence-corrected chi connectivity index (χ1v) is 7.05. The van der Waals surface area contributed by atoms with Gasteiger partial charge in [-0.05, 0) is 13.8 Å². The Morgan fingerprint density at radius 2 is 2.38 bits per heavy atom. The zero-order valence-corrected chi connectivity index (χ0v) is 12.2. The molecule has 0 radical (unpaired) electrons. The Morgan fingerprint density at radius 1 is 1.57 bits per heavy atom. The van der Waals surface area contributed by atoms with Crippen molar-refractivity contribution < 1.29 is 18.7 Å². The predicted octanol–water partition coefficient (Wildman–Crippen LogP) is -0.234. The van der Waals surface area contributed by atoms with E-state index >= 15 is 0 Å². The molecular weight excluding hydrogens is 276 g/mol. The van der Waals surface area contributed by atoms with Gasteiger partial charge in [-0.3, -0.25) is 4.79 Å². The molecule has 0 bridgehead atoms. The second-order valence-corrected chi connectivity index (χ2v) is 4.54. The van der Waals surface area contributed by atoms with Gasteiger partial charge < -0.3 is 24.7 Å². The van der Waals surface area contributed by atoms with E-state index in [0.29, 0.717) is 26.2 Å². The quantitative estimate of drug-likeness (QED) is 0.724. The number of nitrogens with one attached hydrogen (secondary N) is 2. The van der Waals surface area contributed by atoms with Crippen LogP contribution in [0.3, 0.4) is 0 Å². The van der Waals surface area contributed by atoms with E-state index in [9.17, 15) is 9.59 Å². The number of hydrogen-bond donors (Lipinski definition) is 2. The number of carbonyl (C=O) groups is 2. The van der Waals surface area contributed by atoms with Crippen molar-refractivity contribution in [2.24, 2.45) is 0 Å². The van der Waals surface area contributed by atoms with E-state index in [1.807, 2.05) is 6.92 Å². The Balaban J connectivity index is 2.14. The number of nitrogens with zero attached hydrogens (tertiary/aromatic N) is 2. The highest BCUT2D eigenvalue weighted by Crippen LogP contribution is 2.18. The molecule has 8 nitrogen and oxygen atoms in total. The summed E-state index contributed by atoms with van der Waals surface area (Å²) in [5.74, 6) is -0.627. The Bertz CT molecular complexity index is 502. The molecule has 1 aliphatic heterocycles. The molecule has 1 amide bonds. The maximum atomic E-state index is 12.1. The molecule has 21 heavy (non-hydrogen) atoms. The van der Waals surface area contributed by atoms with Crippen molar-refractivity contribution in [1.29, 1.82) is 0 Å². The highest BCUT2D eigenvalue weighted by atomic mass is 16.5. The van der Waals surface area contributed by atoms with Crippen LogP contribution in [0.5, 0.6) is 0 Å². The van der Waals surface area contributed by atoms with Gasteiger partial charge in [0.1, 0.15) is 12.3 Å². The van der Waals surface area contributed by atoms with Crippen LogP contribution in [0.4, 0.5) is 6.01 Å². The van der Waals surface area contributed by atoms with Crippen LogP contribution in [-0.2, 0) is 9.53 Å². The van der Waals surface area contributed by atoms with Crippen LogP contribution in [-0.4, -0.2) is 55.7 Å². The zero-order chi connectivity index (χ0) is 15.2. The second kappa shape index (κ2) is 7.07. The summed E-state index contributed by atoms with van der Waals surface area (Å²) in [6, 6.07) is -0.150. The smallest absolute Gasteiger partial charge is 0.360 e. The highest BCUT2D eigenvalue weighted by Gasteiger charge is 2.31. The topological polar surface area (TPSA) is 96.7 Å². The third kappa shape index (κ3) is 3.52. The van der Waals surface area contributed by atoms with Crippen molar-refractivity contribution >= 4 is 17.9 Å². The van der Waals surface area contributed by atoms with Gasteiger partial charge in [-0.1, -0.05) is 0 Å². The number of oxazole rings is 1. The van der Waals surface area contributed by atoms with Crippen molar-refractivity contribution in [2.75, 3.05) is 37.7 Å². The molecule has 0 spiro atoms. The molecule has 1 fully saturated rings. The van der Waals surface area contributed by atoms with E-state index in [2.05, 4.69) is 15.6 Å². The van der Waals surface area contributed by atoms with E-state index < -0.39 is 12.0 Å². The fourth-order valence-corrected chi connectivity index (χ4v) is 2.15. The van der Waals surface area contributed by atoms with Crippen molar-refractivity contribution in [1.82, 2.24) is 15.6 Å². The normalized spacial score (nSPS) is 18.4. The van der Waals surface area contributed by atoms with Crippen molar-refractivity contribution in [3.63, 3.8) is 0 Å². The number of hydrogen-bond acceptors (Lipinski definition) is 7. The summed E-state index contributed by atoms with van der Waals surface area (Å²) in [6.07, 6.45) is 1.25. The first-order valence-electron chi connectivity index (χ1n) is 7.05. The largest absolute Gasteiger partial charge is 0.461 e. The molecule has 1 aromatic rings. The van der Waals surface area contributed by atoms with Crippen LogP contribution in [0.25, 0.3) is 0 Å². The lowest BCUT2D eigenvalue weighted by atomic mass is 10.2. The zero-order valence-electron chi connectivity index (χ0n) is 12.2. The van der Waals surface area contributed by atoms with E-state index in [0.717, 1.165) is 0 Å². The predicted molar refractivity (Wildman–Crippen MR) is 75.1 cm³/mol. The first-order chi connectivity index (χ1) is 10.2. The lowest BCUT2D eigenvalue weighted by Gasteiger charge is -2.33. The molecular formula is C13H20N4O4. The average molecular weight is 296 g/mol. The van der Waals surface area contributed by atoms with Crippen LogP contribution >= 0.6 is 0 Å². The molecule has 116 valence electrons. The summed E-state index contributed by atoms with van der Waals surface area (Å²) in [7, 11) is 0.